The maximum Gasteiger partial charge on any atom is -0.257 e. The van der Waals surface area contributed by atoms with Gasteiger partial charge in [0.1, 0.15) is 0 Å². The van der Waals surface area contributed by atoms with Crippen molar-refractivity contribution in [2.45, 2.75) is 63.8 Å². The van der Waals surface area contributed by atoms with Gasteiger partial charge in [0, 0.05) is 11.1 Å². The van der Waals surface area contributed by atoms with E-state index in [0.717, 1.165) is 36.2 Å². The zero-order chi connectivity index (χ0) is 21.6. The average Bonchev–Trinajstić information content (AvgIpc) is 3.50. The third kappa shape index (κ3) is 4.71. The van der Waals surface area contributed by atoms with E-state index in [4.69, 9.17) is 4.98 Å². The Balaban J connectivity index is 0.00000245. The molecule has 2 aliphatic rings. The molecule has 0 bridgehead atoms. The Morgan fingerprint density at radius 1 is 1.12 bits per heavy atom. The number of nitrogens with zero attached hydrogens (tertiary/aromatic N) is 2. The van der Waals surface area contributed by atoms with Gasteiger partial charge in [0.15, 0.2) is 0 Å². The van der Waals surface area contributed by atoms with Crippen LogP contribution in [-0.2, 0) is 25.5 Å². The molecule has 1 saturated carbocycles. The molecule has 3 N–H and O–H groups in total. The molecule has 1 aliphatic carbocycles. The summed E-state index contributed by atoms with van der Waals surface area (Å²) in [6.07, 6.45) is 3.30. The predicted molar refractivity (Wildman–Crippen MR) is 132 cm³/mol. The largest absolute Gasteiger partial charge is 0.813 e. The fourth-order valence-corrected chi connectivity index (χ4v) is 7.04. The zero-order valence-electron chi connectivity index (χ0n) is 18.6. The van der Waals surface area contributed by atoms with Crippen LogP contribution < -0.4 is 12.3 Å². The second-order valence-electron chi connectivity index (χ2n) is 9.61. The molecule has 2 atom stereocenters. The van der Waals surface area contributed by atoms with Gasteiger partial charge in [0.2, 0.25) is 0 Å². The van der Waals surface area contributed by atoms with E-state index in [2.05, 4.69) is 58.0 Å². The van der Waals surface area contributed by atoms with E-state index in [9.17, 15) is 4.39 Å². The van der Waals surface area contributed by atoms with Crippen LogP contribution in [0.4, 0.5) is 15.9 Å². The molecule has 3 heterocycles. The van der Waals surface area contributed by atoms with Gasteiger partial charge < -0.3 is 13.5 Å². The normalized spacial score (nSPS) is 20.1. The van der Waals surface area contributed by atoms with Gasteiger partial charge in [-0.15, -0.1) is 0 Å². The van der Waals surface area contributed by atoms with Gasteiger partial charge in [-0.3, -0.25) is 4.98 Å². The van der Waals surface area contributed by atoms with E-state index < -0.39 is 21.9 Å². The number of rotatable bonds is 4. The number of H-pyrrole nitrogens is 1. The Bertz CT molecular complexity index is 1110. The molecule has 2 aromatic heterocycles. The summed E-state index contributed by atoms with van der Waals surface area (Å²) < 4.78 is 19.3. The van der Waals surface area contributed by atoms with Crippen molar-refractivity contribution in [3.63, 3.8) is 0 Å². The number of aromatic amines is 1. The summed E-state index contributed by atoms with van der Waals surface area (Å²) >= 11 is -0.604. The van der Waals surface area contributed by atoms with Gasteiger partial charge in [-0.1, -0.05) is 26.8 Å². The molecule has 2 unspecified atom stereocenters. The predicted octanol–water partition coefficient (Wildman–Crippen LogP) is 4.11. The summed E-state index contributed by atoms with van der Waals surface area (Å²) in [4.78, 5) is 4.97. The van der Waals surface area contributed by atoms with Crippen molar-refractivity contribution in [3.8, 4) is 0 Å². The Hall–Kier alpha value is -1.56. The van der Waals surface area contributed by atoms with Crippen LogP contribution in [0, 0.1) is 5.82 Å². The molecule has 3 aromatic rings. The van der Waals surface area contributed by atoms with Gasteiger partial charge in [0.25, 0.3) is 0 Å². The van der Waals surface area contributed by atoms with Crippen LogP contribution in [0.15, 0.2) is 36.4 Å². The Kier molecular flexibility index (Phi) is 6.90. The van der Waals surface area contributed by atoms with Gasteiger partial charge >= 0.3 is 139 Å². The zero-order valence-corrected chi connectivity index (χ0v) is 22.1. The summed E-state index contributed by atoms with van der Waals surface area (Å²) in [5, 5.41) is 10.8. The molecule has 0 saturated heterocycles. The summed E-state index contributed by atoms with van der Waals surface area (Å²) in [5.74, 6) is 1.43. The fourth-order valence-electron chi connectivity index (χ4n) is 4.56. The summed E-state index contributed by atoms with van der Waals surface area (Å²) in [6.45, 7) is 7.27. The molecule has 1 aromatic carbocycles. The van der Waals surface area contributed by atoms with Crippen molar-refractivity contribution in [3.05, 3.63) is 64.9 Å². The Labute approximate surface area is 206 Å². The number of pyridine rings is 1. The third-order valence-electron chi connectivity index (χ3n) is 6.36. The second-order valence-corrected chi connectivity index (χ2v) is 12.5. The molecule has 1 fully saturated rings. The number of aromatic nitrogens is 3. The molecule has 5 rings (SSSR count). The van der Waals surface area contributed by atoms with Crippen LogP contribution in [0.25, 0.3) is 0 Å². The maximum atomic E-state index is 14.8. The quantitative estimate of drug-likeness (QED) is 0.255. The van der Waals surface area contributed by atoms with E-state index in [-0.39, 0.29) is 24.7 Å². The van der Waals surface area contributed by atoms with E-state index in [0.29, 0.717) is 29.9 Å². The molecule has 0 amide bonds. The van der Waals surface area contributed by atoms with Crippen molar-refractivity contribution in [1.29, 1.82) is 0 Å². The monoisotopic (exact) mass is 559 g/mol. The first-order valence-corrected chi connectivity index (χ1v) is 13.5. The standard InChI is InChI=1S/C24H28FN5.H2S.Sb/c1-24(2,3)21-9-5-7-18(27-21)15-10-11-16(12-15)20-13-22(30-29-20)28-19-8-4-6-17(14-26)23(19)25;;/h4-5,7-9,13,15-16,26H,10-12,14H2,1-3H3,(H2,28,29,30);1H2;/q-1;;+1/p-1. The summed E-state index contributed by atoms with van der Waals surface area (Å²) in [6, 6.07) is 12.3. The minimum atomic E-state index is -0.604. The number of hydrogen-bond acceptors (Lipinski definition) is 5. The maximum absolute atomic E-state index is 14.8. The Morgan fingerprint density at radius 3 is 2.75 bits per heavy atom. The summed E-state index contributed by atoms with van der Waals surface area (Å²) in [5.41, 5.74) is 4.85. The number of hydrogen-bond donors (Lipinski definition) is 3. The smallest absolute Gasteiger partial charge is 0.257 e. The molecular formula is C24H29FN5SSb-. The van der Waals surface area contributed by atoms with Gasteiger partial charge in [-0.2, -0.15) is 0 Å². The molecule has 32 heavy (non-hydrogen) atoms. The van der Waals surface area contributed by atoms with Crippen molar-refractivity contribution in [2.75, 3.05) is 5.32 Å². The molecule has 0 spiro atoms. The van der Waals surface area contributed by atoms with Crippen LogP contribution in [-0.4, -0.2) is 37.1 Å². The van der Waals surface area contributed by atoms with Gasteiger partial charge in [0.05, 0.1) is 0 Å². The molecule has 5 nitrogen and oxygen atoms in total. The topological polar surface area (TPSA) is 65.6 Å². The molecule has 1 aliphatic heterocycles. The number of halogens is 1. The van der Waals surface area contributed by atoms with Crippen molar-refractivity contribution >= 4 is 50.4 Å². The average molecular weight is 560 g/mol. The minimum Gasteiger partial charge on any atom is -0.813 e. The number of thiol groups is 1. The van der Waals surface area contributed by atoms with Gasteiger partial charge in [-0.05, 0) is 12.1 Å². The fraction of sp³-hybridized carbons (Fsp3) is 0.417. The molecule has 1 radical (unpaired) electrons. The number of nitrogens with one attached hydrogen (secondary N) is 3. The first-order chi connectivity index (χ1) is 14.9. The minimum absolute atomic E-state index is 0. The van der Waals surface area contributed by atoms with E-state index in [1.807, 2.05) is 18.2 Å². The number of anilines is 2. The van der Waals surface area contributed by atoms with Crippen molar-refractivity contribution in [1.82, 2.24) is 18.7 Å². The van der Waals surface area contributed by atoms with Gasteiger partial charge in [-0.25, -0.2) is 0 Å². The Morgan fingerprint density at radius 2 is 1.94 bits per heavy atom. The van der Waals surface area contributed by atoms with E-state index in [1.54, 1.807) is 0 Å². The summed E-state index contributed by atoms with van der Waals surface area (Å²) in [7, 11) is 0. The first-order valence-electron chi connectivity index (χ1n) is 10.9. The van der Waals surface area contributed by atoms with Crippen LogP contribution in [0.5, 0.6) is 0 Å². The third-order valence-corrected chi connectivity index (χ3v) is 9.15. The second kappa shape index (κ2) is 9.36. The number of benzene rings is 1. The molecule has 8 heteroatoms. The van der Waals surface area contributed by atoms with Crippen molar-refractivity contribution < 1.29 is 4.39 Å². The van der Waals surface area contributed by atoms with Crippen molar-refractivity contribution in [2.24, 2.45) is 0 Å². The van der Waals surface area contributed by atoms with Crippen LogP contribution in [0.3, 0.4) is 0 Å². The van der Waals surface area contributed by atoms with E-state index in [1.165, 1.54) is 9.20 Å². The molecule has 169 valence electrons. The molecular weight excluding hydrogens is 531 g/mol. The first kappa shape index (κ1) is 23.6. The SMILES string of the molecule is CC(C)(C)c1cccc(C2CCC(c3cc(Nc4cc[c]5c(c4F)C[NH][Sb]5)n[nH]3)C2)n1.[SH-]. The van der Waals surface area contributed by atoms with Crippen LogP contribution >= 0.6 is 0 Å². The number of fused-ring (bicyclic) bond motifs is 1. The van der Waals surface area contributed by atoms with E-state index >= 15 is 0 Å². The van der Waals surface area contributed by atoms with Crippen LogP contribution in [0.1, 0.15) is 74.5 Å². The van der Waals surface area contributed by atoms with Crippen LogP contribution in [0.2, 0.25) is 0 Å².